The molecule has 0 saturated heterocycles. The van der Waals surface area contributed by atoms with E-state index in [-0.39, 0.29) is 11.9 Å². The third-order valence-corrected chi connectivity index (χ3v) is 7.88. The molecule has 0 spiro atoms. The van der Waals surface area contributed by atoms with Crippen LogP contribution >= 0.6 is 0 Å². The summed E-state index contributed by atoms with van der Waals surface area (Å²) < 4.78 is 5.77. The number of nitrogens with zero attached hydrogens (tertiary/aromatic N) is 6. The van der Waals surface area contributed by atoms with E-state index in [0.29, 0.717) is 23.1 Å². The van der Waals surface area contributed by atoms with Crippen molar-refractivity contribution >= 4 is 40.3 Å². The van der Waals surface area contributed by atoms with Crippen LogP contribution in [0, 0.1) is 0 Å². The topological polar surface area (TPSA) is 89.1 Å². The first kappa shape index (κ1) is 29.9. The number of hydrogen-bond donors (Lipinski definition) is 2. The Bertz CT molecular complexity index is 1550. The average Bonchev–Trinajstić information content (AvgIpc) is 3.28. The quantitative estimate of drug-likeness (QED) is 0.286. The maximum absolute atomic E-state index is 12.3. The van der Waals surface area contributed by atoms with Gasteiger partial charge in [-0.15, -0.1) is 0 Å². The number of rotatable bonds is 11. The van der Waals surface area contributed by atoms with Crippen molar-refractivity contribution in [2.75, 3.05) is 73.2 Å². The largest absolute Gasteiger partial charge is 0.494 e. The molecule has 3 heterocycles. The second-order valence-corrected chi connectivity index (χ2v) is 11.5. The molecule has 10 nitrogen and oxygen atoms in total. The van der Waals surface area contributed by atoms with Gasteiger partial charge < -0.3 is 35.0 Å². The monoisotopic (exact) mass is 582 g/mol. The Morgan fingerprint density at radius 3 is 2.65 bits per heavy atom. The van der Waals surface area contributed by atoms with Crippen LogP contribution in [0.5, 0.6) is 5.75 Å². The van der Waals surface area contributed by atoms with Crippen molar-refractivity contribution in [3.63, 3.8) is 0 Å². The van der Waals surface area contributed by atoms with Crippen LogP contribution in [0.15, 0.2) is 61.6 Å². The van der Waals surface area contributed by atoms with Gasteiger partial charge in [0.05, 0.1) is 41.2 Å². The van der Waals surface area contributed by atoms with E-state index in [1.165, 1.54) is 23.0 Å². The fourth-order valence-electron chi connectivity index (χ4n) is 5.76. The summed E-state index contributed by atoms with van der Waals surface area (Å²) in [6.07, 6.45) is 5.12. The average molecular weight is 583 g/mol. The van der Waals surface area contributed by atoms with Crippen LogP contribution in [0.3, 0.4) is 0 Å². The normalized spacial score (nSPS) is 13.8. The number of methoxy groups -OCH3 is 1. The van der Waals surface area contributed by atoms with E-state index in [1.807, 2.05) is 39.3 Å². The van der Waals surface area contributed by atoms with Crippen molar-refractivity contribution in [2.45, 2.75) is 32.7 Å². The van der Waals surface area contributed by atoms with E-state index < -0.39 is 0 Å². The molecule has 1 aromatic heterocycles. The summed E-state index contributed by atoms with van der Waals surface area (Å²) in [4.78, 5) is 30.6. The molecule has 0 unspecified atom stereocenters. The first-order chi connectivity index (χ1) is 20.6. The number of aryl methyl sites for hydroxylation is 1. The molecule has 0 fully saturated rings. The molecule has 0 saturated carbocycles. The highest BCUT2D eigenvalue weighted by Crippen LogP contribution is 2.49. The number of ether oxygens (including phenoxy) is 1. The molecule has 2 aliphatic heterocycles. The molecule has 3 aromatic rings. The van der Waals surface area contributed by atoms with Crippen LogP contribution in [0.25, 0.3) is 11.3 Å². The zero-order valence-corrected chi connectivity index (χ0v) is 26.1. The standard InChI is InChI=1S/C33H42N8O2/c1-9-31(42)35-26-19-27(30(43-8)20-28(26)39(7)16-15-38(5)6)37-33-34-13-12-25(36-33)24-17-23-11-10-14-40-22(4)41(21(2)3)29(18-24)32(23)40/h9,12-13,17-21H,1,4,10-11,14-16H2,2-3,5-8H3,(H,35,42)(H,34,36,37). The van der Waals surface area contributed by atoms with Gasteiger partial charge >= 0.3 is 0 Å². The summed E-state index contributed by atoms with van der Waals surface area (Å²) in [6.45, 7) is 15.0. The van der Waals surface area contributed by atoms with Gasteiger partial charge in [-0.2, -0.15) is 0 Å². The minimum absolute atomic E-state index is 0.285. The van der Waals surface area contributed by atoms with E-state index in [4.69, 9.17) is 9.72 Å². The molecule has 0 bridgehead atoms. The second-order valence-electron chi connectivity index (χ2n) is 11.5. The minimum atomic E-state index is -0.297. The van der Waals surface area contributed by atoms with Gasteiger partial charge in [0.2, 0.25) is 11.9 Å². The van der Waals surface area contributed by atoms with Gasteiger partial charge in [-0.05, 0) is 76.7 Å². The third-order valence-electron chi connectivity index (χ3n) is 7.88. The van der Waals surface area contributed by atoms with Crippen LogP contribution in [-0.4, -0.2) is 74.7 Å². The van der Waals surface area contributed by atoms with Crippen molar-refractivity contribution in [3.8, 4) is 17.0 Å². The fraction of sp³-hybridized carbons (Fsp3) is 0.364. The molecular formula is C33H42N8O2. The predicted molar refractivity (Wildman–Crippen MR) is 177 cm³/mol. The van der Waals surface area contributed by atoms with E-state index in [2.05, 4.69) is 74.4 Å². The summed E-state index contributed by atoms with van der Waals surface area (Å²) in [5, 5.41) is 6.27. The van der Waals surface area contributed by atoms with Crippen LogP contribution in [0.4, 0.5) is 34.4 Å². The third kappa shape index (κ3) is 6.01. The van der Waals surface area contributed by atoms with Crippen LogP contribution in [0.2, 0.25) is 0 Å². The molecule has 2 aromatic carbocycles. The number of hydrogen-bond acceptors (Lipinski definition) is 9. The van der Waals surface area contributed by atoms with Gasteiger partial charge in [-0.25, -0.2) is 9.97 Å². The van der Waals surface area contributed by atoms with Gasteiger partial charge in [0, 0.05) is 50.6 Å². The number of benzene rings is 2. The lowest BCUT2D eigenvalue weighted by Crippen LogP contribution is -2.33. The van der Waals surface area contributed by atoms with Gasteiger partial charge in [0.1, 0.15) is 11.6 Å². The Balaban J connectivity index is 1.50. The Labute approximate surface area is 254 Å². The number of aromatic nitrogens is 2. The number of likely N-dealkylation sites (N-methyl/N-ethyl adjacent to an activating group) is 2. The van der Waals surface area contributed by atoms with Crippen molar-refractivity contribution in [1.29, 1.82) is 0 Å². The SMILES string of the molecule is C=CC(=O)Nc1cc(Nc2nccc(-c3cc4c5c(c3)N(C(C)C)C(=C)N5CCC4)n2)c(OC)cc1N(C)CCN(C)C. The number of anilines is 6. The lowest BCUT2D eigenvalue weighted by molar-refractivity contribution is -0.111. The molecule has 0 aliphatic carbocycles. The molecule has 10 heteroatoms. The number of amides is 1. The summed E-state index contributed by atoms with van der Waals surface area (Å²) in [5.74, 6) is 1.76. The van der Waals surface area contributed by atoms with Gasteiger partial charge in [0.15, 0.2) is 0 Å². The zero-order chi connectivity index (χ0) is 30.8. The van der Waals surface area contributed by atoms with Crippen LogP contribution in [0.1, 0.15) is 25.8 Å². The van der Waals surface area contributed by atoms with E-state index in [1.54, 1.807) is 13.3 Å². The maximum Gasteiger partial charge on any atom is 0.247 e. The highest BCUT2D eigenvalue weighted by Gasteiger charge is 2.36. The molecule has 1 amide bonds. The first-order valence-corrected chi connectivity index (χ1v) is 14.7. The van der Waals surface area contributed by atoms with Crippen molar-refractivity contribution in [3.05, 3.63) is 67.1 Å². The van der Waals surface area contributed by atoms with E-state index >= 15 is 0 Å². The van der Waals surface area contributed by atoms with Gasteiger partial charge in [-0.3, -0.25) is 4.79 Å². The summed E-state index contributed by atoms with van der Waals surface area (Å²) >= 11 is 0. The summed E-state index contributed by atoms with van der Waals surface area (Å²) in [5.41, 5.74) is 7.70. The number of carbonyl (C=O) groups is 1. The Hall–Kier alpha value is -4.57. The summed E-state index contributed by atoms with van der Waals surface area (Å²) in [6, 6.07) is 10.4. The lowest BCUT2D eigenvalue weighted by atomic mass is 9.97. The molecular weight excluding hydrogens is 540 g/mol. The number of nitrogens with one attached hydrogen (secondary N) is 2. The number of carbonyl (C=O) groups excluding carboxylic acids is 1. The predicted octanol–water partition coefficient (Wildman–Crippen LogP) is 5.47. The highest BCUT2D eigenvalue weighted by atomic mass is 16.5. The molecule has 43 heavy (non-hydrogen) atoms. The maximum atomic E-state index is 12.3. The minimum Gasteiger partial charge on any atom is -0.494 e. The molecule has 0 atom stereocenters. The van der Waals surface area contributed by atoms with Crippen molar-refractivity contribution < 1.29 is 9.53 Å². The second kappa shape index (κ2) is 12.3. The van der Waals surface area contributed by atoms with Crippen LogP contribution in [-0.2, 0) is 11.2 Å². The van der Waals surface area contributed by atoms with Gasteiger partial charge in [0.25, 0.3) is 0 Å². The molecule has 0 radical (unpaired) electrons. The fourth-order valence-corrected chi connectivity index (χ4v) is 5.76. The zero-order valence-electron chi connectivity index (χ0n) is 26.1. The Morgan fingerprint density at radius 2 is 1.95 bits per heavy atom. The van der Waals surface area contributed by atoms with E-state index in [9.17, 15) is 4.79 Å². The summed E-state index contributed by atoms with van der Waals surface area (Å²) in [7, 11) is 7.66. The Kier molecular flexibility index (Phi) is 8.59. The van der Waals surface area contributed by atoms with Crippen molar-refractivity contribution in [2.24, 2.45) is 0 Å². The van der Waals surface area contributed by atoms with Crippen LogP contribution < -0.4 is 30.1 Å². The van der Waals surface area contributed by atoms with Gasteiger partial charge in [-0.1, -0.05) is 13.2 Å². The van der Waals surface area contributed by atoms with E-state index in [0.717, 1.165) is 55.2 Å². The molecule has 2 aliphatic rings. The first-order valence-electron chi connectivity index (χ1n) is 14.7. The lowest BCUT2D eigenvalue weighted by Gasteiger charge is -2.29. The Morgan fingerprint density at radius 1 is 1.16 bits per heavy atom. The van der Waals surface area contributed by atoms with Crippen molar-refractivity contribution in [1.82, 2.24) is 14.9 Å². The highest BCUT2D eigenvalue weighted by molar-refractivity contribution is 6.02. The smallest absolute Gasteiger partial charge is 0.247 e. The molecule has 226 valence electrons. The molecule has 2 N–H and O–H groups in total. The molecule has 5 rings (SSSR count).